The third kappa shape index (κ3) is 3.15. The second kappa shape index (κ2) is 5.92. The molecule has 23 heavy (non-hydrogen) atoms. The molecule has 2 N–H and O–H groups in total. The third-order valence-corrected chi connectivity index (χ3v) is 6.59. The number of carbonyl (C=O) groups is 1. The maximum atomic E-state index is 12.4. The van der Waals surface area contributed by atoms with E-state index in [2.05, 4.69) is 10.6 Å². The largest absolute Gasteiger partial charge is 0.455 e. The molecule has 2 aliphatic rings. The van der Waals surface area contributed by atoms with Gasteiger partial charge in [0.05, 0.1) is 0 Å². The highest BCUT2D eigenvalue weighted by atomic mass is 32.2. The molecule has 7 nitrogen and oxygen atoms in total. The lowest BCUT2D eigenvalue weighted by molar-refractivity contribution is 0.0894. The van der Waals surface area contributed by atoms with Gasteiger partial charge in [0.2, 0.25) is 10.0 Å². The van der Waals surface area contributed by atoms with E-state index in [-0.39, 0.29) is 28.4 Å². The minimum atomic E-state index is -3.61. The Labute approximate surface area is 136 Å². The van der Waals surface area contributed by atoms with Gasteiger partial charge < -0.3 is 15.1 Å². The summed E-state index contributed by atoms with van der Waals surface area (Å²) in [7, 11) is -0.710. The van der Waals surface area contributed by atoms with Gasteiger partial charge in [-0.3, -0.25) is 4.79 Å². The summed E-state index contributed by atoms with van der Waals surface area (Å²) in [5.74, 6) is -0.0670. The number of sulfonamides is 1. The van der Waals surface area contributed by atoms with E-state index in [0.717, 1.165) is 30.0 Å². The van der Waals surface area contributed by atoms with E-state index < -0.39 is 10.0 Å². The van der Waals surface area contributed by atoms with Crippen LogP contribution in [0.5, 0.6) is 0 Å². The van der Waals surface area contributed by atoms with Crippen LogP contribution in [0.4, 0.5) is 0 Å². The molecular formula is C15H23N3O4S. The number of nitrogens with zero attached hydrogens (tertiary/aromatic N) is 1. The molecule has 0 radical (unpaired) electrons. The average molecular weight is 341 g/mol. The topological polar surface area (TPSA) is 91.6 Å². The molecular weight excluding hydrogens is 318 g/mol. The maximum absolute atomic E-state index is 12.4. The maximum Gasteiger partial charge on any atom is 0.287 e. The molecule has 2 bridgehead atoms. The van der Waals surface area contributed by atoms with E-state index in [9.17, 15) is 13.2 Å². The summed E-state index contributed by atoms with van der Waals surface area (Å²) < 4.78 is 30.9. The van der Waals surface area contributed by atoms with Crippen LogP contribution in [0.2, 0.25) is 0 Å². The Morgan fingerprint density at radius 3 is 2.48 bits per heavy atom. The van der Waals surface area contributed by atoms with Crippen LogP contribution in [-0.4, -0.2) is 50.9 Å². The second-order valence-corrected chi connectivity index (χ2v) is 8.72. The summed E-state index contributed by atoms with van der Waals surface area (Å²) in [5, 5.41) is 6.50. The molecule has 128 valence electrons. The standard InChI is InChI=1S/C15H23N3O4S/c1-9-14(23(20,21)18(2)3)8-13(22-9)15(19)17-12-6-10-4-5-11(7-12)16-10/h8,10-12,16H,4-7H2,1-3H3,(H,17,19). The predicted molar refractivity (Wildman–Crippen MR) is 84.8 cm³/mol. The van der Waals surface area contributed by atoms with Crippen molar-refractivity contribution in [1.29, 1.82) is 0 Å². The molecule has 3 rings (SSSR count). The van der Waals surface area contributed by atoms with Gasteiger partial charge in [-0.25, -0.2) is 12.7 Å². The first-order chi connectivity index (χ1) is 10.8. The first-order valence-corrected chi connectivity index (χ1v) is 9.31. The molecule has 0 saturated carbocycles. The number of hydrogen-bond acceptors (Lipinski definition) is 5. The number of aryl methyl sites for hydroxylation is 1. The van der Waals surface area contributed by atoms with Crippen LogP contribution in [-0.2, 0) is 10.0 Å². The molecule has 2 saturated heterocycles. The normalized spacial score (nSPS) is 27.4. The van der Waals surface area contributed by atoms with Crippen molar-refractivity contribution in [2.75, 3.05) is 14.1 Å². The molecule has 0 aliphatic carbocycles. The van der Waals surface area contributed by atoms with Crippen LogP contribution < -0.4 is 10.6 Å². The van der Waals surface area contributed by atoms with Gasteiger partial charge >= 0.3 is 0 Å². The van der Waals surface area contributed by atoms with E-state index in [1.165, 1.54) is 20.2 Å². The van der Waals surface area contributed by atoms with Crippen LogP contribution in [0.25, 0.3) is 0 Å². The molecule has 1 amide bonds. The van der Waals surface area contributed by atoms with Gasteiger partial charge in [0, 0.05) is 38.3 Å². The Morgan fingerprint density at radius 1 is 1.30 bits per heavy atom. The van der Waals surface area contributed by atoms with Crippen LogP contribution in [0.15, 0.2) is 15.4 Å². The zero-order valence-electron chi connectivity index (χ0n) is 13.6. The highest BCUT2D eigenvalue weighted by molar-refractivity contribution is 7.89. The molecule has 8 heteroatoms. The summed E-state index contributed by atoms with van der Waals surface area (Å²) in [6.07, 6.45) is 4.12. The lowest BCUT2D eigenvalue weighted by atomic mass is 10.00. The van der Waals surface area contributed by atoms with Crippen molar-refractivity contribution in [3.05, 3.63) is 17.6 Å². The lowest BCUT2D eigenvalue weighted by Crippen LogP contribution is -2.47. The van der Waals surface area contributed by atoms with E-state index in [4.69, 9.17) is 4.42 Å². The fourth-order valence-corrected chi connectivity index (χ4v) is 4.52. The van der Waals surface area contributed by atoms with Gasteiger partial charge in [0.25, 0.3) is 5.91 Å². The minimum Gasteiger partial charge on any atom is -0.455 e. The Bertz CT molecular complexity index is 698. The Hall–Kier alpha value is -1.38. The zero-order valence-corrected chi connectivity index (χ0v) is 14.4. The van der Waals surface area contributed by atoms with Crippen molar-refractivity contribution in [2.45, 2.75) is 55.6 Å². The monoisotopic (exact) mass is 341 g/mol. The minimum absolute atomic E-state index is 0.0398. The number of rotatable bonds is 4. The zero-order chi connectivity index (χ0) is 16.8. The van der Waals surface area contributed by atoms with Crippen LogP contribution in [0, 0.1) is 6.92 Å². The smallest absolute Gasteiger partial charge is 0.287 e. The Morgan fingerprint density at radius 2 is 1.91 bits per heavy atom. The summed E-state index contributed by atoms with van der Waals surface area (Å²) in [6.45, 7) is 1.55. The molecule has 0 spiro atoms. The van der Waals surface area contributed by atoms with E-state index in [1.54, 1.807) is 6.92 Å². The molecule has 1 aromatic rings. The van der Waals surface area contributed by atoms with Gasteiger partial charge in [-0.15, -0.1) is 0 Å². The van der Waals surface area contributed by atoms with E-state index in [0.29, 0.717) is 12.1 Å². The van der Waals surface area contributed by atoms with Crippen molar-refractivity contribution in [1.82, 2.24) is 14.9 Å². The molecule has 2 atom stereocenters. The Balaban J connectivity index is 1.73. The summed E-state index contributed by atoms with van der Waals surface area (Å²) in [6, 6.07) is 2.38. The predicted octanol–water partition coefficient (Wildman–Crippen LogP) is 0.851. The molecule has 2 aliphatic heterocycles. The average Bonchev–Trinajstić information content (AvgIpc) is 3.02. The summed E-state index contributed by atoms with van der Waals surface area (Å²) in [5.41, 5.74) is 0. The van der Waals surface area contributed by atoms with E-state index in [1.807, 2.05) is 0 Å². The summed E-state index contributed by atoms with van der Waals surface area (Å²) >= 11 is 0. The van der Waals surface area contributed by atoms with E-state index >= 15 is 0 Å². The number of amides is 1. The molecule has 2 unspecified atom stereocenters. The number of furan rings is 1. The molecule has 2 fully saturated rings. The number of carbonyl (C=O) groups excluding carboxylic acids is 1. The fraction of sp³-hybridized carbons (Fsp3) is 0.667. The molecule has 0 aromatic carbocycles. The van der Waals surface area contributed by atoms with Crippen molar-refractivity contribution in [3.8, 4) is 0 Å². The van der Waals surface area contributed by atoms with Gasteiger partial charge in [-0.05, 0) is 32.6 Å². The van der Waals surface area contributed by atoms with Gasteiger partial charge in [0.1, 0.15) is 10.7 Å². The quantitative estimate of drug-likeness (QED) is 0.847. The highest BCUT2D eigenvalue weighted by Gasteiger charge is 2.35. The summed E-state index contributed by atoms with van der Waals surface area (Å²) in [4.78, 5) is 12.4. The lowest BCUT2D eigenvalue weighted by Gasteiger charge is -2.29. The van der Waals surface area contributed by atoms with Crippen molar-refractivity contribution in [2.24, 2.45) is 0 Å². The number of nitrogens with one attached hydrogen (secondary N) is 2. The second-order valence-electron chi connectivity index (χ2n) is 6.60. The molecule has 1 aromatic heterocycles. The van der Waals surface area contributed by atoms with Gasteiger partial charge in [0.15, 0.2) is 5.76 Å². The SMILES string of the molecule is Cc1oc(C(=O)NC2CC3CCC(C2)N3)cc1S(=O)(=O)N(C)C. The van der Waals surface area contributed by atoms with Crippen LogP contribution in [0.3, 0.4) is 0 Å². The van der Waals surface area contributed by atoms with Gasteiger partial charge in [-0.1, -0.05) is 0 Å². The van der Waals surface area contributed by atoms with Crippen LogP contribution >= 0.6 is 0 Å². The molecule has 3 heterocycles. The fourth-order valence-electron chi connectivity index (χ4n) is 3.46. The Kier molecular flexibility index (Phi) is 4.24. The first kappa shape index (κ1) is 16.5. The van der Waals surface area contributed by atoms with Crippen molar-refractivity contribution >= 4 is 15.9 Å². The van der Waals surface area contributed by atoms with Gasteiger partial charge in [-0.2, -0.15) is 0 Å². The number of fused-ring (bicyclic) bond motifs is 2. The number of piperidine rings is 1. The van der Waals surface area contributed by atoms with Crippen molar-refractivity contribution in [3.63, 3.8) is 0 Å². The highest BCUT2D eigenvalue weighted by Crippen LogP contribution is 2.27. The van der Waals surface area contributed by atoms with Crippen molar-refractivity contribution < 1.29 is 17.6 Å². The third-order valence-electron chi connectivity index (χ3n) is 4.66. The van der Waals surface area contributed by atoms with Crippen LogP contribution in [0.1, 0.15) is 42.0 Å². The number of hydrogen-bond donors (Lipinski definition) is 2. The first-order valence-electron chi connectivity index (χ1n) is 7.87.